The maximum Gasteiger partial charge on any atom is 0.0438 e. The molecular weight excluding hydrogens is 232 g/mol. The molecule has 1 aliphatic rings. The molecule has 2 rings (SSSR count). The number of benzene rings is 1. The van der Waals surface area contributed by atoms with Gasteiger partial charge in [-0.2, -0.15) is 0 Å². The molecule has 1 aliphatic heterocycles. The average molecular weight is 253 g/mol. The highest BCUT2D eigenvalue weighted by atomic mass is 35.5. The van der Waals surface area contributed by atoms with E-state index in [1.807, 2.05) is 6.92 Å². The molecule has 0 radical (unpaired) electrons. The van der Waals surface area contributed by atoms with E-state index in [9.17, 15) is 0 Å². The zero-order valence-corrected chi connectivity index (χ0v) is 11.4. The standard InChI is InChI=1S/C14H21ClN2/c1-11-5-6-12(8-14(11)15)10-17(2)13-4-3-7-16-9-13/h5-6,8,13,16H,3-4,7,9-10H2,1-2H3. The lowest BCUT2D eigenvalue weighted by Crippen LogP contribution is -2.43. The van der Waals surface area contributed by atoms with E-state index < -0.39 is 0 Å². The number of rotatable bonds is 3. The molecule has 94 valence electrons. The van der Waals surface area contributed by atoms with Gasteiger partial charge < -0.3 is 5.32 Å². The Hall–Kier alpha value is -0.570. The molecule has 1 saturated heterocycles. The van der Waals surface area contributed by atoms with Gasteiger partial charge in [0, 0.05) is 24.2 Å². The van der Waals surface area contributed by atoms with E-state index in [1.54, 1.807) is 0 Å². The number of hydrogen-bond donors (Lipinski definition) is 1. The van der Waals surface area contributed by atoms with Gasteiger partial charge in [0.1, 0.15) is 0 Å². The molecule has 0 spiro atoms. The van der Waals surface area contributed by atoms with E-state index in [0.717, 1.165) is 23.7 Å². The van der Waals surface area contributed by atoms with Crippen LogP contribution in [-0.2, 0) is 6.54 Å². The van der Waals surface area contributed by atoms with Crippen LogP contribution in [0.3, 0.4) is 0 Å². The summed E-state index contributed by atoms with van der Waals surface area (Å²) in [5.74, 6) is 0. The summed E-state index contributed by atoms with van der Waals surface area (Å²) in [5.41, 5.74) is 2.45. The van der Waals surface area contributed by atoms with Crippen molar-refractivity contribution in [2.45, 2.75) is 32.4 Å². The molecule has 0 amide bonds. The summed E-state index contributed by atoms with van der Waals surface area (Å²) < 4.78 is 0. The first-order valence-corrected chi connectivity index (χ1v) is 6.70. The third kappa shape index (κ3) is 3.44. The maximum atomic E-state index is 6.15. The predicted octanol–water partition coefficient (Wildman–Crippen LogP) is 2.83. The third-order valence-electron chi connectivity index (χ3n) is 3.56. The Kier molecular flexibility index (Phi) is 4.43. The van der Waals surface area contributed by atoms with Gasteiger partial charge in [0.15, 0.2) is 0 Å². The Morgan fingerprint density at radius 2 is 2.29 bits per heavy atom. The van der Waals surface area contributed by atoms with Gasteiger partial charge >= 0.3 is 0 Å². The molecule has 1 atom stereocenters. The van der Waals surface area contributed by atoms with Crippen molar-refractivity contribution >= 4 is 11.6 Å². The van der Waals surface area contributed by atoms with E-state index in [1.165, 1.54) is 24.9 Å². The molecular formula is C14H21ClN2. The summed E-state index contributed by atoms with van der Waals surface area (Å²) >= 11 is 6.15. The highest BCUT2D eigenvalue weighted by Gasteiger charge is 2.17. The van der Waals surface area contributed by atoms with Gasteiger partial charge in [-0.1, -0.05) is 23.7 Å². The largest absolute Gasteiger partial charge is 0.315 e. The van der Waals surface area contributed by atoms with Crippen molar-refractivity contribution < 1.29 is 0 Å². The Bertz CT molecular complexity index is 372. The second-order valence-corrected chi connectivity index (χ2v) is 5.41. The predicted molar refractivity (Wildman–Crippen MR) is 73.5 cm³/mol. The highest BCUT2D eigenvalue weighted by Crippen LogP contribution is 2.19. The normalized spacial score (nSPS) is 20.8. The number of nitrogens with one attached hydrogen (secondary N) is 1. The van der Waals surface area contributed by atoms with Crippen LogP contribution in [0.1, 0.15) is 24.0 Å². The van der Waals surface area contributed by atoms with E-state index in [0.29, 0.717) is 6.04 Å². The molecule has 0 aliphatic carbocycles. The first-order chi connectivity index (χ1) is 8.16. The van der Waals surface area contributed by atoms with Crippen molar-refractivity contribution in [1.82, 2.24) is 10.2 Å². The minimum absolute atomic E-state index is 0.656. The van der Waals surface area contributed by atoms with Gasteiger partial charge in [0.25, 0.3) is 0 Å². The molecule has 1 aromatic rings. The molecule has 1 aromatic carbocycles. The quantitative estimate of drug-likeness (QED) is 0.890. The monoisotopic (exact) mass is 252 g/mol. The summed E-state index contributed by atoms with van der Waals surface area (Å²) in [6.07, 6.45) is 2.58. The summed E-state index contributed by atoms with van der Waals surface area (Å²) in [5, 5.41) is 4.33. The topological polar surface area (TPSA) is 15.3 Å². The van der Waals surface area contributed by atoms with Crippen molar-refractivity contribution in [1.29, 1.82) is 0 Å². The molecule has 0 saturated carbocycles. The third-order valence-corrected chi connectivity index (χ3v) is 3.97. The van der Waals surface area contributed by atoms with Crippen LogP contribution >= 0.6 is 11.6 Å². The fraction of sp³-hybridized carbons (Fsp3) is 0.571. The fourth-order valence-corrected chi connectivity index (χ4v) is 2.56. The Morgan fingerprint density at radius 1 is 1.47 bits per heavy atom. The van der Waals surface area contributed by atoms with Crippen molar-refractivity contribution in [2.24, 2.45) is 0 Å². The van der Waals surface area contributed by atoms with E-state index in [4.69, 9.17) is 11.6 Å². The summed E-state index contributed by atoms with van der Waals surface area (Å²) in [4.78, 5) is 2.42. The minimum Gasteiger partial charge on any atom is -0.315 e. The zero-order valence-electron chi connectivity index (χ0n) is 10.7. The molecule has 1 heterocycles. The van der Waals surface area contributed by atoms with Gasteiger partial charge in [0.05, 0.1) is 0 Å². The average Bonchev–Trinajstić information content (AvgIpc) is 2.35. The molecule has 17 heavy (non-hydrogen) atoms. The van der Waals surface area contributed by atoms with Gasteiger partial charge in [-0.05, 0) is 50.6 Å². The second-order valence-electron chi connectivity index (χ2n) is 5.00. The van der Waals surface area contributed by atoms with Crippen LogP contribution in [0.15, 0.2) is 18.2 Å². The van der Waals surface area contributed by atoms with Crippen LogP contribution in [-0.4, -0.2) is 31.1 Å². The zero-order chi connectivity index (χ0) is 12.3. The molecule has 1 fully saturated rings. The first kappa shape index (κ1) is 12.9. The summed E-state index contributed by atoms with van der Waals surface area (Å²) in [6.45, 7) is 5.30. The number of nitrogens with zero attached hydrogens (tertiary/aromatic N) is 1. The molecule has 0 bridgehead atoms. The van der Waals surface area contributed by atoms with Crippen LogP contribution in [0.25, 0.3) is 0 Å². The number of likely N-dealkylation sites (N-methyl/N-ethyl adjacent to an activating group) is 1. The van der Waals surface area contributed by atoms with Gasteiger partial charge in [-0.15, -0.1) is 0 Å². The van der Waals surface area contributed by atoms with Crippen molar-refractivity contribution in [2.75, 3.05) is 20.1 Å². The maximum absolute atomic E-state index is 6.15. The molecule has 3 heteroatoms. The van der Waals surface area contributed by atoms with E-state index >= 15 is 0 Å². The van der Waals surface area contributed by atoms with Crippen LogP contribution in [0.2, 0.25) is 5.02 Å². The summed E-state index contributed by atoms with van der Waals surface area (Å²) in [7, 11) is 2.20. The fourth-order valence-electron chi connectivity index (χ4n) is 2.36. The lowest BCUT2D eigenvalue weighted by molar-refractivity contribution is 0.196. The SMILES string of the molecule is Cc1ccc(CN(C)C2CCCNC2)cc1Cl. The number of hydrogen-bond acceptors (Lipinski definition) is 2. The van der Waals surface area contributed by atoms with Crippen LogP contribution < -0.4 is 5.32 Å². The molecule has 1 N–H and O–H groups in total. The lowest BCUT2D eigenvalue weighted by atomic mass is 10.1. The number of piperidine rings is 1. The van der Waals surface area contributed by atoms with Crippen LogP contribution in [0.4, 0.5) is 0 Å². The number of aryl methyl sites for hydroxylation is 1. The minimum atomic E-state index is 0.656. The first-order valence-electron chi connectivity index (χ1n) is 6.33. The Balaban J connectivity index is 1.96. The lowest BCUT2D eigenvalue weighted by Gasteiger charge is -2.31. The van der Waals surface area contributed by atoms with E-state index in [-0.39, 0.29) is 0 Å². The van der Waals surface area contributed by atoms with Crippen molar-refractivity contribution in [3.63, 3.8) is 0 Å². The van der Waals surface area contributed by atoms with Crippen molar-refractivity contribution in [3.05, 3.63) is 34.3 Å². The van der Waals surface area contributed by atoms with Gasteiger partial charge in [-0.25, -0.2) is 0 Å². The number of halogens is 1. The van der Waals surface area contributed by atoms with E-state index in [2.05, 4.69) is 35.5 Å². The van der Waals surface area contributed by atoms with Crippen LogP contribution in [0.5, 0.6) is 0 Å². The van der Waals surface area contributed by atoms with Crippen LogP contribution in [0, 0.1) is 6.92 Å². The highest BCUT2D eigenvalue weighted by molar-refractivity contribution is 6.31. The Labute approximate surface area is 109 Å². The van der Waals surface area contributed by atoms with Crippen molar-refractivity contribution in [3.8, 4) is 0 Å². The van der Waals surface area contributed by atoms with Gasteiger partial charge in [-0.3, -0.25) is 4.90 Å². The molecule has 2 nitrogen and oxygen atoms in total. The second kappa shape index (κ2) is 5.85. The smallest absolute Gasteiger partial charge is 0.0438 e. The molecule has 1 unspecified atom stereocenters. The van der Waals surface area contributed by atoms with Gasteiger partial charge in [0.2, 0.25) is 0 Å². The molecule has 0 aromatic heterocycles. The Morgan fingerprint density at radius 3 is 2.94 bits per heavy atom. The summed E-state index contributed by atoms with van der Waals surface area (Å²) in [6, 6.07) is 7.02.